The second-order valence-corrected chi connectivity index (χ2v) is 6.07. The Kier molecular flexibility index (Phi) is 4.21. The van der Waals surface area contributed by atoms with E-state index in [9.17, 15) is 8.42 Å². The minimum atomic E-state index is -3.63. The summed E-state index contributed by atoms with van der Waals surface area (Å²) in [5.74, 6) is 1.01. The Balaban J connectivity index is 2.06. The van der Waals surface area contributed by atoms with Crippen LogP contribution >= 0.6 is 0 Å². The molecule has 2 aromatic heterocycles. The molecule has 0 amide bonds. The SMILES string of the molecule is Cc1nc(CNS(=O)(=O)c2cnn(CCN)c2)oc1C. The van der Waals surface area contributed by atoms with Crippen molar-refractivity contribution < 1.29 is 12.8 Å². The Labute approximate surface area is 117 Å². The predicted molar refractivity (Wildman–Crippen MR) is 71.3 cm³/mol. The lowest BCUT2D eigenvalue weighted by Gasteiger charge is -2.01. The van der Waals surface area contributed by atoms with Crippen molar-refractivity contribution in [3.63, 3.8) is 0 Å². The number of nitrogens with zero attached hydrogens (tertiary/aromatic N) is 3. The summed E-state index contributed by atoms with van der Waals surface area (Å²) < 4.78 is 33.3. The molecule has 3 N–H and O–H groups in total. The lowest BCUT2D eigenvalue weighted by atomic mass is 10.4. The molecule has 0 unspecified atom stereocenters. The van der Waals surface area contributed by atoms with Gasteiger partial charge in [-0.3, -0.25) is 4.68 Å². The number of aryl methyl sites for hydroxylation is 2. The first kappa shape index (κ1) is 14.7. The van der Waals surface area contributed by atoms with Crippen LogP contribution in [0.4, 0.5) is 0 Å². The number of rotatable bonds is 6. The zero-order valence-corrected chi connectivity index (χ0v) is 12.1. The molecule has 0 fully saturated rings. The summed E-state index contributed by atoms with van der Waals surface area (Å²) in [6.45, 7) is 4.43. The zero-order valence-electron chi connectivity index (χ0n) is 11.3. The van der Waals surface area contributed by atoms with E-state index in [0.717, 1.165) is 5.69 Å². The molecule has 20 heavy (non-hydrogen) atoms. The third-order valence-electron chi connectivity index (χ3n) is 2.76. The Bertz CT molecular complexity index is 669. The van der Waals surface area contributed by atoms with Gasteiger partial charge in [-0.15, -0.1) is 0 Å². The number of oxazole rings is 1. The molecular formula is C11H17N5O3S. The molecule has 9 heteroatoms. The van der Waals surface area contributed by atoms with Crippen LogP contribution < -0.4 is 10.5 Å². The monoisotopic (exact) mass is 299 g/mol. The zero-order chi connectivity index (χ0) is 14.8. The highest BCUT2D eigenvalue weighted by molar-refractivity contribution is 7.89. The van der Waals surface area contributed by atoms with E-state index >= 15 is 0 Å². The Morgan fingerprint density at radius 2 is 2.20 bits per heavy atom. The minimum absolute atomic E-state index is 0.000910. The molecule has 0 saturated heterocycles. The van der Waals surface area contributed by atoms with E-state index in [0.29, 0.717) is 24.7 Å². The number of nitrogens with one attached hydrogen (secondary N) is 1. The fourth-order valence-electron chi connectivity index (χ4n) is 1.59. The summed E-state index contributed by atoms with van der Waals surface area (Å²) in [6, 6.07) is 0. The van der Waals surface area contributed by atoms with E-state index in [1.807, 2.05) is 0 Å². The summed E-state index contributed by atoms with van der Waals surface area (Å²) in [5.41, 5.74) is 6.13. The molecule has 0 aromatic carbocycles. The van der Waals surface area contributed by atoms with Crippen LogP contribution in [0.15, 0.2) is 21.7 Å². The maximum absolute atomic E-state index is 12.0. The lowest BCUT2D eigenvalue weighted by Crippen LogP contribution is -2.23. The number of nitrogens with two attached hydrogens (primary N) is 1. The minimum Gasteiger partial charge on any atom is -0.444 e. The van der Waals surface area contributed by atoms with Crippen LogP contribution in [0.5, 0.6) is 0 Å². The fraction of sp³-hybridized carbons (Fsp3) is 0.455. The molecule has 2 aromatic rings. The molecule has 0 radical (unpaired) electrons. The van der Waals surface area contributed by atoms with Gasteiger partial charge in [-0.2, -0.15) is 5.10 Å². The summed E-state index contributed by atoms with van der Waals surface area (Å²) in [4.78, 5) is 4.20. The van der Waals surface area contributed by atoms with Gasteiger partial charge in [0.05, 0.1) is 25.0 Å². The van der Waals surface area contributed by atoms with Gasteiger partial charge in [0.2, 0.25) is 15.9 Å². The van der Waals surface area contributed by atoms with Crippen LogP contribution in [0.2, 0.25) is 0 Å². The third kappa shape index (κ3) is 3.24. The highest BCUT2D eigenvalue weighted by Crippen LogP contribution is 2.11. The largest absolute Gasteiger partial charge is 0.444 e. The summed E-state index contributed by atoms with van der Waals surface area (Å²) in [7, 11) is -3.63. The van der Waals surface area contributed by atoms with Gasteiger partial charge >= 0.3 is 0 Å². The third-order valence-corrected chi connectivity index (χ3v) is 4.12. The van der Waals surface area contributed by atoms with Crippen molar-refractivity contribution in [2.24, 2.45) is 5.73 Å². The second-order valence-electron chi connectivity index (χ2n) is 4.30. The number of hydrogen-bond donors (Lipinski definition) is 2. The molecule has 0 aliphatic carbocycles. The van der Waals surface area contributed by atoms with Gasteiger partial charge in [0.1, 0.15) is 10.7 Å². The molecule has 0 spiro atoms. The molecule has 0 aliphatic heterocycles. The smallest absolute Gasteiger partial charge is 0.244 e. The van der Waals surface area contributed by atoms with Gasteiger partial charge in [-0.05, 0) is 13.8 Å². The molecule has 8 nitrogen and oxygen atoms in total. The molecule has 0 aliphatic rings. The van der Waals surface area contributed by atoms with Crippen LogP contribution in [0.3, 0.4) is 0 Å². The Morgan fingerprint density at radius 1 is 1.45 bits per heavy atom. The molecule has 2 rings (SSSR count). The van der Waals surface area contributed by atoms with Crippen molar-refractivity contribution in [2.45, 2.75) is 31.8 Å². The summed E-state index contributed by atoms with van der Waals surface area (Å²) >= 11 is 0. The van der Waals surface area contributed by atoms with Crippen molar-refractivity contribution >= 4 is 10.0 Å². The molecule has 0 bridgehead atoms. The van der Waals surface area contributed by atoms with E-state index in [-0.39, 0.29) is 11.4 Å². The highest BCUT2D eigenvalue weighted by Gasteiger charge is 2.17. The lowest BCUT2D eigenvalue weighted by molar-refractivity contribution is 0.463. The van der Waals surface area contributed by atoms with Crippen LogP contribution in [-0.4, -0.2) is 29.7 Å². The van der Waals surface area contributed by atoms with Crippen molar-refractivity contribution in [1.82, 2.24) is 19.5 Å². The first-order valence-corrected chi connectivity index (χ1v) is 7.56. The van der Waals surface area contributed by atoms with Crippen LogP contribution in [0.1, 0.15) is 17.3 Å². The van der Waals surface area contributed by atoms with E-state index in [1.165, 1.54) is 17.1 Å². The maximum Gasteiger partial charge on any atom is 0.244 e. The van der Waals surface area contributed by atoms with Crippen LogP contribution in [0.25, 0.3) is 0 Å². The van der Waals surface area contributed by atoms with Crippen LogP contribution in [0, 0.1) is 13.8 Å². The van der Waals surface area contributed by atoms with E-state index in [1.54, 1.807) is 13.8 Å². The number of hydrogen-bond acceptors (Lipinski definition) is 6. The average Bonchev–Trinajstić information content (AvgIpc) is 2.96. The number of sulfonamides is 1. The molecule has 0 atom stereocenters. The molecule has 2 heterocycles. The molecule has 110 valence electrons. The van der Waals surface area contributed by atoms with Crippen molar-refractivity contribution in [1.29, 1.82) is 0 Å². The quantitative estimate of drug-likeness (QED) is 0.771. The summed E-state index contributed by atoms with van der Waals surface area (Å²) in [6.07, 6.45) is 2.71. The van der Waals surface area contributed by atoms with E-state index in [2.05, 4.69) is 14.8 Å². The van der Waals surface area contributed by atoms with Gasteiger partial charge in [0.25, 0.3) is 0 Å². The van der Waals surface area contributed by atoms with Gasteiger partial charge in [0, 0.05) is 12.7 Å². The first-order chi connectivity index (χ1) is 9.42. The van der Waals surface area contributed by atoms with Crippen molar-refractivity contribution in [3.05, 3.63) is 29.7 Å². The van der Waals surface area contributed by atoms with E-state index < -0.39 is 10.0 Å². The topological polar surface area (TPSA) is 116 Å². The van der Waals surface area contributed by atoms with Gasteiger partial charge < -0.3 is 10.2 Å². The van der Waals surface area contributed by atoms with Crippen molar-refractivity contribution in [2.75, 3.05) is 6.54 Å². The maximum atomic E-state index is 12.0. The average molecular weight is 299 g/mol. The van der Waals surface area contributed by atoms with E-state index in [4.69, 9.17) is 10.2 Å². The highest BCUT2D eigenvalue weighted by atomic mass is 32.2. The van der Waals surface area contributed by atoms with Gasteiger partial charge in [-0.25, -0.2) is 18.1 Å². The normalized spacial score (nSPS) is 11.9. The standard InChI is InChI=1S/C11H17N5O3S/c1-8-9(2)19-11(15-8)6-14-20(17,18)10-5-13-16(7-10)4-3-12/h5,7,14H,3-4,6,12H2,1-2H3. The molecule has 0 saturated carbocycles. The number of aromatic nitrogens is 3. The Morgan fingerprint density at radius 3 is 2.80 bits per heavy atom. The predicted octanol–water partition coefficient (Wildman–Crippen LogP) is -0.0749. The van der Waals surface area contributed by atoms with Gasteiger partial charge in [-0.1, -0.05) is 0 Å². The fourth-order valence-corrected chi connectivity index (χ4v) is 2.52. The summed E-state index contributed by atoms with van der Waals surface area (Å²) in [5, 5.41) is 3.92. The first-order valence-electron chi connectivity index (χ1n) is 6.07. The Hall–Kier alpha value is -1.71. The van der Waals surface area contributed by atoms with Crippen LogP contribution in [-0.2, 0) is 23.1 Å². The molecular weight excluding hydrogens is 282 g/mol. The second kappa shape index (κ2) is 5.73. The van der Waals surface area contributed by atoms with Gasteiger partial charge in [0.15, 0.2) is 0 Å². The van der Waals surface area contributed by atoms with Crippen molar-refractivity contribution in [3.8, 4) is 0 Å².